The number of benzene rings is 1. The maximum absolute atomic E-state index is 11.7. The molecule has 106 valence electrons. The van der Waals surface area contributed by atoms with Crippen LogP contribution in [0.5, 0.6) is 17.4 Å². The molecule has 0 aliphatic heterocycles. The second kappa shape index (κ2) is 5.14. The summed E-state index contributed by atoms with van der Waals surface area (Å²) in [5, 5.41) is 9.27. The fraction of sp³-hybridized carbons (Fsp3) is 0. The van der Waals surface area contributed by atoms with Gasteiger partial charge < -0.3 is 9.84 Å². The molecule has 0 aliphatic carbocycles. The van der Waals surface area contributed by atoms with Gasteiger partial charge in [-0.3, -0.25) is 14.6 Å². The van der Waals surface area contributed by atoms with Crippen LogP contribution in [0.3, 0.4) is 0 Å². The Balaban J connectivity index is 2.05. The lowest BCUT2D eigenvalue weighted by Gasteiger charge is -2.10. The summed E-state index contributed by atoms with van der Waals surface area (Å²) >= 11 is 0. The quantitative estimate of drug-likeness (QED) is 0.383. The van der Waals surface area contributed by atoms with Crippen molar-refractivity contribution in [1.29, 1.82) is 0 Å². The molecule has 0 bridgehead atoms. The molecule has 3 aromatic rings. The highest BCUT2D eigenvalue weighted by Gasteiger charge is 2.11. The first-order chi connectivity index (χ1) is 10.2. The first-order valence-corrected chi connectivity index (χ1v) is 6.11. The number of rotatable bonds is 3. The molecule has 0 fully saturated rings. The molecule has 0 aliphatic rings. The molecule has 0 atom stereocenters. The van der Waals surface area contributed by atoms with Gasteiger partial charge in [-0.05, 0) is 30.3 Å². The lowest BCUT2D eigenvalue weighted by molar-refractivity contribution is 0.0953. The van der Waals surface area contributed by atoms with Gasteiger partial charge in [0.25, 0.3) is 5.91 Å². The number of carbonyl (C=O) groups is 1. The van der Waals surface area contributed by atoms with Gasteiger partial charge in [-0.15, -0.1) is 0 Å². The fourth-order valence-electron chi connectivity index (χ4n) is 1.93. The summed E-state index contributed by atoms with van der Waals surface area (Å²) in [5.74, 6) is 5.81. The Morgan fingerprint density at radius 1 is 1.29 bits per heavy atom. The largest absolute Gasteiger partial charge is 0.508 e. The molecule has 7 nitrogen and oxygen atoms in total. The number of hydrogen-bond acceptors (Lipinski definition) is 5. The standard InChI is InChI=1S/C14H12N4O3/c15-17-14(20)9-5-10-7-16-8-18(10)13(6-9)21-12-3-1-11(19)2-4-12/h1-8,19H,15H2,(H,17,20). The maximum atomic E-state index is 11.7. The summed E-state index contributed by atoms with van der Waals surface area (Å²) in [6, 6.07) is 9.47. The average molecular weight is 284 g/mol. The smallest absolute Gasteiger partial charge is 0.265 e. The van der Waals surface area contributed by atoms with Crippen LogP contribution in [0.25, 0.3) is 5.52 Å². The zero-order chi connectivity index (χ0) is 14.8. The number of ether oxygens (including phenoxy) is 1. The van der Waals surface area contributed by atoms with Gasteiger partial charge in [-0.2, -0.15) is 0 Å². The monoisotopic (exact) mass is 284 g/mol. The molecule has 0 radical (unpaired) electrons. The predicted octanol–water partition coefficient (Wildman–Crippen LogP) is 1.44. The summed E-state index contributed by atoms with van der Waals surface area (Å²) < 4.78 is 7.43. The minimum Gasteiger partial charge on any atom is -0.508 e. The van der Waals surface area contributed by atoms with Crippen molar-refractivity contribution in [1.82, 2.24) is 14.8 Å². The maximum Gasteiger partial charge on any atom is 0.265 e. The molecular weight excluding hydrogens is 272 g/mol. The van der Waals surface area contributed by atoms with Crippen LogP contribution in [0.15, 0.2) is 48.9 Å². The van der Waals surface area contributed by atoms with Crippen molar-refractivity contribution in [2.75, 3.05) is 0 Å². The number of pyridine rings is 1. The first-order valence-electron chi connectivity index (χ1n) is 6.11. The highest BCUT2D eigenvalue weighted by Crippen LogP contribution is 2.25. The van der Waals surface area contributed by atoms with E-state index in [0.29, 0.717) is 22.7 Å². The number of fused-ring (bicyclic) bond motifs is 1. The lowest BCUT2D eigenvalue weighted by Crippen LogP contribution is -2.30. The van der Waals surface area contributed by atoms with Gasteiger partial charge in [0.15, 0.2) is 0 Å². The predicted molar refractivity (Wildman–Crippen MR) is 75.0 cm³/mol. The summed E-state index contributed by atoms with van der Waals surface area (Å²) in [6.07, 6.45) is 3.19. The first kappa shape index (κ1) is 12.9. The van der Waals surface area contributed by atoms with E-state index in [1.165, 1.54) is 12.1 Å². The van der Waals surface area contributed by atoms with Gasteiger partial charge >= 0.3 is 0 Å². The van der Waals surface area contributed by atoms with Crippen LogP contribution in [0.2, 0.25) is 0 Å². The van der Waals surface area contributed by atoms with Crippen LogP contribution in [0.4, 0.5) is 0 Å². The second-order valence-electron chi connectivity index (χ2n) is 4.34. The molecule has 1 amide bonds. The van der Waals surface area contributed by atoms with E-state index in [9.17, 15) is 9.90 Å². The molecular formula is C14H12N4O3. The molecule has 21 heavy (non-hydrogen) atoms. The highest BCUT2D eigenvalue weighted by molar-refractivity contribution is 5.95. The van der Waals surface area contributed by atoms with Crippen LogP contribution >= 0.6 is 0 Å². The number of phenols is 1. The summed E-state index contributed by atoms with van der Waals surface area (Å²) in [5.41, 5.74) is 3.14. The molecule has 7 heteroatoms. The second-order valence-corrected chi connectivity index (χ2v) is 4.34. The number of nitrogen functional groups attached to an aromatic ring is 1. The Morgan fingerprint density at radius 3 is 2.76 bits per heavy atom. The van der Waals surface area contributed by atoms with Gasteiger partial charge in [-0.25, -0.2) is 10.8 Å². The van der Waals surface area contributed by atoms with Crippen LogP contribution in [-0.2, 0) is 0 Å². The molecule has 4 N–H and O–H groups in total. The molecule has 3 rings (SSSR count). The Bertz CT molecular complexity index is 796. The van der Waals surface area contributed by atoms with E-state index in [1.807, 2.05) is 0 Å². The van der Waals surface area contributed by atoms with Crippen LogP contribution < -0.4 is 16.0 Å². The number of hydrogen-bond donors (Lipinski definition) is 3. The number of carbonyl (C=O) groups excluding carboxylic acids is 1. The Morgan fingerprint density at radius 2 is 2.05 bits per heavy atom. The number of aromatic hydroxyl groups is 1. The Hall–Kier alpha value is -3.06. The normalized spacial score (nSPS) is 10.5. The van der Waals surface area contributed by atoms with E-state index in [-0.39, 0.29) is 5.75 Å². The Labute approximate surface area is 119 Å². The molecule has 0 saturated carbocycles. The van der Waals surface area contributed by atoms with E-state index in [0.717, 1.165) is 0 Å². The number of imidazole rings is 1. The van der Waals surface area contributed by atoms with E-state index >= 15 is 0 Å². The Kier molecular flexibility index (Phi) is 3.17. The number of aromatic nitrogens is 2. The minimum absolute atomic E-state index is 0.145. The summed E-state index contributed by atoms with van der Waals surface area (Å²) in [4.78, 5) is 15.7. The fourth-order valence-corrected chi connectivity index (χ4v) is 1.93. The number of nitrogens with two attached hydrogens (primary N) is 1. The minimum atomic E-state index is -0.422. The SMILES string of the molecule is NNC(=O)c1cc(Oc2ccc(O)cc2)n2cncc2c1. The van der Waals surface area contributed by atoms with E-state index in [4.69, 9.17) is 10.6 Å². The van der Waals surface area contributed by atoms with Crippen LogP contribution in [0.1, 0.15) is 10.4 Å². The van der Waals surface area contributed by atoms with Gasteiger partial charge in [-0.1, -0.05) is 0 Å². The molecule has 2 heterocycles. The zero-order valence-electron chi connectivity index (χ0n) is 10.9. The number of phenolic OH excluding ortho intramolecular Hbond substituents is 1. The van der Waals surface area contributed by atoms with E-state index in [2.05, 4.69) is 10.4 Å². The third kappa shape index (κ3) is 2.49. The third-order valence-corrected chi connectivity index (χ3v) is 2.94. The van der Waals surface area contributed by atoms with Crippen molar-refractivity contribution >= 4 is 11.4 Å². The van der Waals surface area contributed by atoms with Gasteiger partial charge in [0.05, 0.1) is 11.7 Å². The number of nitrogens with one attached hydrogen (secondary N) is 1. The molecule has 1 aromatic carbocycles. The lowest BCUT2D eigenvalue weighted by atomic mass is 10.2. The zero-order valence-corrected chi connectivity index (χ0v) is 10.9. The number of hydrazine groups is 1. The van der Waals surface area contributed by atoms with Crippen molar-refractivity contribution < 1.29 is 14.6 Å². The average Bonchev–Trinajstić information content (AvgIpc) is 2.97. The van der Waals surface area contributed by atoms with E-state index < -0.39 is 5.91 Å². The highest BCUT2D eigenvalue weighted by atomic mass is 16.5. The third-order valence-electron chi connectivity index (χ3n) is 2.94. The van der Waals surface area contributed by atoms with Gasteiger partial charge in [0.1, 0.15) is 17.8 Å². The molecule has 0 unspecified atom stereocenters. The van der Waals surface area contributed by atoms with E-state index in [1.54, 1.807) is 41.2 Å². The summed E-state index contributed by atoms with van der Waals surface area (Å²) in [6.45, 7) is 0. The number of amides is 1. The molecule has 0 spiro atoms. The van der Waals surface area contributed by atoms with Gasteiger partial charge in [0.2, 0.25) is 5.88 Å². The number of nitrogens with zero attached hydrogens (tertiary/aromatic N) is 2. The van der Waals surface area contributed by atoms with Crippen molar-refractivity contribution in [3.05, 3.63) is 54.5 Å². The molecule has 0 saturated heterocycles. The van der Waals surface area contributed by atoms with Crippen LogP contribution in [0, 0.1) is 0 Å². The van der Waals surface area contributed by atoms with Crippen molar-refractivity contribution in [3.8, 4) is 17.4 Å². The van der Waals surface area contributed by atoms with Crippen molar-refractivity contribution in [2.24, 2.45) is 5.84 Å². The van der Waals surface area contributed by atoms with Crippen LogP contribution in [-0.4, -0.2) is 20.4 Å². The topological polar surface area (TPSA) is 102 Å². The van der Waals surface area contributed by atoms with Crippen molar-refractivity contribution in [3.63, 3.8) is 0 Å². The van der Waals surface area contributed by atoms with Crippen molar-refractivity contribution in [2.45, 2.75) is 0 Å². The van der Waals surface area contributed by atoms with Gasteiger partial charge in [0, 0.05) is 11.6 Å². The summed E-state index contributed by atoms with van der Waals surface area (Å²) in [7, 11) is 0. The molecule has 2 aromatic heterocycles.